The molecule has 1 amide bonds. The number of sulfonamides is 1. The summed E-state index contributed by atoms with van der Waals surface area (Å²) in [7, 11) is -3.36. The lowest BCUT2D eigenvalue weighted by molar-refractivity contribution is -0.126. The average Bonchev–Trinajstić information content (AvgIpc) is 2.73. The molecule has 2 aromatic carbocycles. The summed E-state index contributed by atoms with van der Waals surface area (Å²) in [5.74, 6) is 0.639. The smallest absolute Gasteiger partial charge is 0.223 e. The Kier molecular flexibility index (Phi) is 7.50. The molecule has 1 fully saturated rings. The Hall–Kier alpha value is -2.38. The van der Waals surface area contributed by atoms with Gasteiger partial charge in [0, 0.05) is 25.6 Å². The van der Waals surface area contributed by atoms with Crippen LogP contribution in [-0.4, -0.2) is 37.8 Å². The second-order valence-corrected chi connectivity index (χ2v) is 9.91. The molecule has 2 aromatic rings. The molecule has 162 valence electrons. The summed E-state index contributed by atoms with van der Waals surface area (Å²) in [6, 6.07) is 16.9. The number of hydrogen-bond acceptors (Lipinski definition) is 4. The molecule has 30 heavy (non-hydrogen) atoms. The molecule has 0 atom stereocenters. The van der Waals surface area contributed by atoms with Gasteiger partial charge in [-0.05, 0) is 49.9 Å². The van der Waals surface area contributed by atoms with Crippen LogP contribution in [0.25, 0.3) is 0 Å². The number of nitrogens with one attached hydrogen (secondary N) is 1. The zero-order valence-corrected chi connectivity index (χ0v) is 18.4. The van der Waals surface area contributed by atoms with E-state index in [1.807, 2.05) is 68.4 Å². The van der Waals surface area contributed by atoms with E-state index in [1.54, 1.807) is 0 Å². The van der Waals surface area contributed by atoms with Crippen molar-refractivity contribution in [2.45, 2.75) is 45.1 Å². The van der Waals surface area contributed by atoms with Crippen molar-refractivity contribution in [3.63, 3.8) is 0 Å². The van der Waals surface area contributed by atoms with Gasteiger partial charge in [-0.25, -0.2) is 12.7 Å². The van der Waals surface area contributed by atoms with Gasteiger partial charge in [0.1, 0.15) is 5.75 Å². The SMILES string of the molecule is CC(C)Oc1ccc(CNC(=O)C2CCN(S(=O)(=O)Cc3ccccc3)CC2)cc1. The van der Waals surface area contributed by atoms with Crippen LogP contribution in [0.4, 0.5) is 0 Å². The van der Waals surface area contributed by atoms with Gasteiger partial charge in [0.25, 0.3) is 0 Å². The fourth-order valence-electron chi connectivity index (χ4n) is 3.56. The van der Waals surface area contributed by atoms with Crippen LogP contribution >= 0.6 is 0 Å². The molecule has 6 nitrogen and oxygen atoms in total. The first-order valence-corrected chi connectivity index (χ1v) is 12.0. The summed E-state index contributed by atoms with van der Waals surface area (Å²) in [4.78, 5) is 12.5. The predicted molar refractivity (Wildman–Crippen MR) is 117 cm³/mol. The number of piperidine rings is 1. The van der Waals surface area contributed by atoms with Crippen molar-refractivity contribution in [1.29, 1.82) is 0 Å². The van der Waals surface area contributed by atoms with Crippen LogP contribution in [-0.2, 0) is 27.1 Å². The van der Waals surface area contributed by atoms with E-state index in [4.69, 9.17) is 4.74 Å². The highest BCUT2D eigenvalue weighted by Gasteiger charge is 2.31. The Bertz CT molecular complexity index is 919. The van der Waals surface area contributed by atoms with Crippen LogP contribution in [0.5, 0.6) is 5.75 Å². The molecule has 0 spiro atoms. The highest BCUT2D eigenvalue weighted by atomic mass is 32.2. The first kappa shape index (κ1) is 22.3. The van der Waals surface area contributed by atoms with Gasteiger partial charge >= 0.3 is 0 Å². The average molecular weight is 431 g/mol. The van der Waals surface area contributed by atoms with E-state index in [0.29, 0.717) is 32.5 Å². The zero-order valence-electron chi connectivity index (χ0n) is 17.6. The van der Waals surface area contributed by atoms with Crippen LogP contribution in [0.1, 0.15) is 37.8 Å². The van der Waals surface area contributed by atoms with E-state index in [0.717, 1.165) is 16.9 Å². The number of ether oxygens (including phenoxy) is 1. The maximum Gasteiger partial charge on any atom is 0.223 e. The number of carbonyl (C=O) groups is 1. The van der Waals surface area contributed by atoms with Crippen molar-refractivity contribution >= 4 is 15.9 Å². The van der Waals surface area contributed by atoms with Crippen LogP contribution in [0, 0.1) is 5.92 Å². The number of benzene rings is 2. The molecule has 1 heterocycles. The third-order valence-corrected chi connectivity index (χ3v) is 7.02. The fourth-order valence-corrected chi connectivity index (χ4v) is 5.13. The number of carbonyl (C=O) groups excluding carboxylic acids is 1. The Labute approximate surface area is 179 Å². The summed E-state index contributed by atoms with van der Waals surface area (Å²) in [5.41, 5.74) is 1.78. The summed E-state index contributed by atoms with van der Waals surface area (Å²) in [6.45, 7) is 5.18. The lowest BCUT2D eigenvalue weighted by atomic mass is 9.97. The topological polar surface area (TPSA) is 75.7 Å². The number of hydrogen-bond donors (Lipinski definition) is 1. The van der Waals surface area contributed by atoms with Crippen LogP contribution in [0.2, 0.25) is 0 Å². The fraction of sp³-hybridized carbons (Fsp3) is 0.435. The Balaban J connectivity index is 1.46. The Morgan fingerprint density at radius 1 is 1.03 bits per heavy atom. The van der Waals surface area contributed by atoms with Gasteiger partial charge < -0.3 is 10.1 Å². The Morgan fingerprint density at radius 2 is 1.67 bits per heavy atom. The van der Waals surface area contributed by atoms with Gasteiger partial charge in [0.05, 0.1) is 11.9 Å². The van der Waals surface area contributed by atoms with Gasteiger partial charge in [-0.15, -0.1) is 0 Å². The molecule has 7 heteroatoms. The van der Waals surface area contributed by atoms with E-state index >= 15 is 0 Å². The van der Waals surface area contributed by atoms with Crippen molar-refractivity contribution < 1.29 is 17.9 Å². The predicted octanol–water partition coefficient (Wildman–Crippen LogP) is 3.33. The molecular weight excluding hydrogens is 400 g/mol. The van der Waals surface area contributed by atoms with E-state index in [-0.39, 0.29) is 23.7 Å². The lowest BCUT2D eigenvalue weighted by Gasteiger charge is -2.30. The Morgan fingerprint density at radius 3 is 2.27 bits per heavy atom. The molecule has 0 saturated carbocycles. The van der Waals surface area contributed by atoms with Crippen molar-refractivity contribution in [3.8, 4) is 5.75 Å². The van der Waals surface area contributed by atoms with Gasteiger partial charge in [-0.3, -0.25) is 4.79 Å². The second-order valence-electron chi connectivity index (χ2n) is 7.94. The minimum absolute atomic E-state index is 0.00121. The molecule has 0 aliphatic carbocycles. The summed E-state index contributed by atoms with van der Waals surface area (Å²) in [5, 5.41) is 2.97. The van der Waals surface area contributed by atoms with E-state index < -0.39 is 10.0 Å². The molecule has 0 unspecified atom stereocenters. The minimum atomic E-state index is -3.36. The zero-order chi connectivity index (χ0) is 21.6. The molecule has 1 aliphatic heterocycles. The third kappa shape index (κ3) is 6.31. The first-order chi connectivity index (χ1) is 14.3. The molecular formula is C23H30N2O4S. The van der Waals surface area contributed by atoms with Crippen LogP contribution < -0.4 is 10.1 Å². The molecule has 1 N–H and O–H groups in total. The van der Waals surface area contributed by atoms with Gasteiger partial charge in [0.15, 0.2) is 0 Å². The number of amides is 1. The van der Waals surface area contributed by atoms with E-state index in [2.05, 4.69) is 5.32 Å². The number of rotatable bonds is 8. The first-order valence-electron chi connectivity index (χ1n) is 10.4. The summed E-state index contributed by atoms with van der Waals surface area (Å²) >= 11 is 0. The molecule has 0 aromatic heterocycles. The summed E-state index contributed by atoms with van der Waals surface area (Å²) < 4.78 is 32.4. The highest BCUT2D eigenvalue weighted by molar-refractivity contribution is 7.88. The lowest BCUT2D eigenvalue weighted by Crippen LogP contribution is -2.43. The second kappa shape index (κ2) is 10.1. The van der Waals surface area contributed by atoms with Gasteiger partial charge in [-0.1, -0.05) is 42.5 Å². The molecule has 3 rings (SSSR count). The van der Waals surface area contributed by atoms with Crippen molar-refractivity contribution in [2.24, 2.45) is 5.92 Å². The standard InChI is InChI=1S/C23H30N2O4S/c1-18(2)29-22-10-8-19(9-11-22)16-24-23(26)21-12-14-25(15-13-21)30(27,28)17-20-6-4-3-5-7-20/h3-11,18,21H,12-17H2,1-2H3,(H,24,26). The summed E-state index contributed by atoms with van der Waals surface area (Å²) in [6.07, 6.45) is 1.21. The van der Waals surface area contributed by atoms with Crippen LogP contribution in [0.3, 0.4) is 0 Å². The van der Waals surface area contributed by atoms with Crippen molar-refractivity contribution in [2.75, 3.05) is 13.1 Å². The molecule has 0 radical (unpaired) electrons. The van der Waals surface area contributed by atoms with E-state index in [9.17, 15) is 13.2 Å². The normalized spacial score (nSPS) is 15.8. The molecule has 1 saturated heterocycles. The third-order valence-electron chi connectivity index (χ3n) is 5.17. The molecule has 1 aliphatic rings. The maximum atomic E-state index is 12.7. The maximum absolute atomic E-state index is 12.7. The van der Waals surface area contributed by atoms with Crippen LogP contribution in [0.15, 0.2) is 54.6 Å². The highest BCUT2D eigenvalue weighted by Crippen LogP contribution is 2.22. The number of nitrogens with zero attached hydrogens (tertiary/aromatic N) is 1. The van der Waals surface area contributed by atoms with Gasteiger partial charge in [-0.2, -0.15) is 0 Å². The van der Waals surface area contributed by atoms with Crippen molar-refractivity contribution in [3.05, 3.63) is 65.7 Å². The van der Waals surface area contributed by atoms with Crippen molar-refractivity contribution in [1.82, 2.24) is 9.62 Å². The quantitative estimate of drug-likeness (QED) is 0.697. The largest absolute Gasteiger partial charge is 0.491 e. The minimum Gasteiger partial charge on any atom is -0.491 e. The monoisotopic (exact) mass is 430 g/mol. The molecule has 0 bridgehead atoms. The van der Waals surface area contributed by atoms with Gasteiger partial charge in [0.2, 0.25) is 15.9 Å². The van der Waals surface area contributed by atoms with E-state index in [1.165, 1.54) is 4.31 Å².